The molecule has 0 saturated heterocycles. The van der Waals surface area contributed by atoms with E-state index in [1.807, 2.05) is 0 Å². The van der Waals surface area contributed by atoms with E-state index in [2.05, 4.69) is 66.9 Å². The van der Waals surface area contributed by atoms with Gasteiger partial charge in [-0.25, -0.2) is 0 Å². The van der Waals surface area contributed by atoms with Crippen LogP contribution in [-0.4, -0.2) is 6.04 Å². The van der Waals surface area contributed by atoms with E-state index < -0.39 is 0 Å². The zero-order valence-corrected chi connectivity index (χ0v) is 11.5. The molecule has 0 aromatic heterocycles. The molecule has 2 aromatic carbocycles. The fourth-order valence-electron chi connectivity index (χ4n) is 2.87. The van der Waals surface area contributed by atoms with Crippen LogP contribution in [0.25, 0.3) is 10.8 Å². The number of benzene rings is 2. The first kappa shape index (κ1) is 12.4. The molecule has 0 radical (unpaired) electrons. The number of hydrogen-bond donors (Lipinski definition) is 1. The highest BCUT2D eigenvalue weighted by Gasteiger charge is 2.13. The van der Waals surface area contributed by atoms with E-state index in [1.54, 1.807) is 0 Å². The van der Waals surface area contributed by atoms with Gasteiger partial charge in [0.05, 0.1) is 0 Å². The van der Waals surface area contributed by atoms with Gasteiger partial charge < -0.3 is 5.32 Å². The molecule has 0 aliphatic heterocycles. The SMILES string of the molecule is CC(NC1CC=CCC1)c1ccc2ccccc2c1. The van der Waals surface area contributed by atoms with Crippen LogP contribution in [0.5, 0.6) is 0 Å². The third-order valence-electron chi connectivity index (χ3n) is 4.03. The van der Waals surface area contributed by atoms with Crippen LogP contribution in [0.1, 0.15) is 37.8 Å². The molecule has 2 atom stereocenters. The molecule has 0 fully saturated rings. The largest absolute Gasteiger partial charge is 0.307 e. The van der Waals surface area contributed by atoms with Crippen LogP contribution in [0.4, 0.5) is 0 Å². The van der Waals surface area contributed by atoms with Gasteiger partial charge in [-0.1, -0.05) is 48.6 Å². The summed E-state index contributed by atoms with van der Waals surface area (Å²) in [5, 5.41) is 6.40. The number of allylic oxidation sites excluding steroid dienone is 1. The monoisotopic (exact) mass is 251 g/mol. The highest BCUT2D eigenvalue weighted by atomic mass is 14.9. The minimum Gasteiger partial charge on any atom is -0.307 e. The molecule has 1 N–H and O–H groups in total. The Labute approximate surface area is 115 Å². The minimum atomic E-state index is 0.418. The molecule has 2 aromatic rings. The molecule has 98 valence electrons. The van der Waals surface area contributed by atoms with Gasteiger partial charge in [-0.15, -0.1) is 0 Å². The first-order valence-corrected chi connectivity index (χ1v) is 7.23. The maximum atomic E-state index is 3.75. The van der Waals surface area contributed by atoms with Crippen molar-refractivity contribution in [2.45, 2.75) is 38.3 Å². The van der Waals surface area contributed by atoms with Gasteiger partial charge in [0.2, 0.25) is 0 Å². The van der Waals surface area contributed by atoms with E-state index in [0.717, 1.165) is 6.42 Å². The van der Waals surface area contributed by atoms with Crippen molar-refractivity contribution in [1.82, 2.24) is 5.32 Å². The van der Waals surface area contributed by atoms with Crippen molar-refractivity contribution in [1.29, 1.82) is 0 Å². The van der Waals surface area contributed by atoms with Crippen molar-refractivity contribution >= 4 is 10.8 Å². The summed E-state index contributed by atoms with van der Waals surface area (Å²) in [6.45, 7) is 2.27. The zero-order chi connectivity index (χ0) is 13.1. The summed E-state index contributed by atoms with van der Waals surface area (Å²) in [5.74, 6) is 0. The van der Waals surface area contributed by atoms with Crippen LogP contribution >= 0.6 is 0 Å². The first-order valence-electron chi connectivity index (χ1n) is 7.23. The predicted octanol–water partition coefficient (Wildman–Crippen LogP) is 4.60. The summed E-state index contributed by atoms with van der Waals surface area (Å²) in [5.41, 5.74) is 1.38. The van der Waals surface area contributed by atoms with E-state index in [9.17, 15) is 0 Å². The number of rotatable bonds is 3. The predicted molar refractivity (Wildman–Crippen MR) is 82.3 cm³/mol. The minimum absolute atomic E-state index is 0.418. The molecule has 0 amide bonds. The van der Waals surface area contributed by atoms with Gasteiger partial charge in [-0.2, -0.15) is 0 Å². The van der Waals surface area contributed by atoms with Crippen molar-refractivity contribution in [3.63, 3.8) is 0 Å². The molecule has 0 saturated carbocycles. The summed E-state index contributed by atoms with van der Waals surface area (Å²) < 4.78 is 0. The topological polar surface area (TPSA) is 12.0 Å². The Kier molecular flexibility index (Phi) is 3.65. The molecule has 0 spiro atoms. The Morgan fingerprint density at radius 3 is 2.68 bits per heavy atom. The van der Waals surface area contributed by atoms with E-state index in [1.165, 1.54) is 29.2 Å². The van der Waals surface area contributed by atoms with Crippen molar-refractivity contribution in [3.8, 4) is 0 Å². The Balaban J connectivity index is 1.77. The summed E-state index contributed by atoms with van der Waals surface area (Å²) >= 11 is 0. The fraction of sp³-hybridized carbons (Fsp3) is 0.333. The van der Waals surface area contributed by atoms with Crippen LogP contribution in [0.15, 0.2) is 54.6 Å². The molecule has 1 aliphatic carbocycles. The Hall–Kier alpha value is -1.60. The number of hydrogen-bond acceptors (Lipinski definition) is 1. The summed E-state index contributed by atoms with van der Waals surface area (Å²) in [4.78, 5) is 0. The lowest BCUT2D eigenvalue weighted by atomic mass is 9.98. The molecular weight excluding hydrogens is 230 g/mol. The standard InChI is InChI=1S/C18H21N/c1-14(19-18-9-3-2-4-10-18)16-12-11-15-7-5-6-8-17(15)13-16/h2-3,5-8,11-14,18-19H,4,9-10H2,1H3. The fourth-order valence-corrected chi connectivity index (χ4v) is 2.87. The average Bonchev–Trinajstić information content (AvgIpc) is 2.48. The van der Waals surface area contributed by atoms with Crippen LogP contribution in [0.3, 0.4) is 0 Å². The highest BCUT2D eigenvalue weighted by molar-refractivity contribution is 5.83. The Morgan fingerprint density at radius 1 is 1.05 bits per heavy atom. The molecule has 1 nitrogen and oxygen atoms in total. The lowest BCUT2D eigenvalue weighted by Gasteiger charge is -2.24. The van der Waals surface area contributed by atoms with Crippen molar-refractivity contribution in [3.05, 3.63) is 60.2 Å². The van der Waals surface area contributed by atoms with Gasteiger partial charge in [0.1, 0.15) is 0 Å². The number of fused-ring (bicyclic) bond motifs is 1. The van der Waals surface area contributed by atoms with Crippen molar-refractivity contribution in [2.24, 2.45) is 0 Å². The molecule has 2 unspecified atom stereocenters. The lowest BCUT2D eigenvalue weighted by molar-refractivity contribution is 0.426. The van der Waals surface area contributed by atoms with E-state index >= 15 is 0 Å². The van der Waals surface area contributed by atoms with E-state index in [0.29, 0.717) is 12.1 Å². The Bertz CT molecular complexity index is 585. The molecule has 0 heterocycles. The van der Waals surface area contributed by atoms with Crippen LogP contribution < -0.4 is 5.32 Å². The molecule has 3 rings (SSSR count). The van der Waals surface area contributed by atoms with Gasteiger partial charge in [-0.05, 0) is 48.6 Å². The second kappa shape index (κ2) is 5.58. The van der Waals surface area contributed by atoms with Crippen molar-refractivity contribution < 1.29 is 0 Å². The van der Waals surface area contributed by atoms with Gasteiger partial charge in [0.15, 0.2) is 0 Å². The molecule has 19 heavy (non-hydrogen) atoms. The van der Waals surface area contributed by atoms with E-state index in [4.69, 9.17) is 0 Å². The maximum absolute atomic E-state index is 3.75. The average molecular weight is 251 g/mol. The lowest BCUT2D eigenvalue weighted by Crippen LogP contribution is -2.32. The van der Waals surface area contributed by atoms with Crippen LogP contribution in [-0.2, 0) is 0 Å². The third-order valence-corrected chi connectivity index (χ3v) is 4.03. The van der Waals surface area contributed by atoms with Crippen LogP contribution in [0, 0.1) is 0 Å². The van der Waals surface area contributed by atoms with Gasteiger partial charge in [0.25, 0.3) is 0 Å². The first-order chi connectivity index (χ1) is 9.33. The zero-order valence-electron chi connectivity index (χ0n) is 11.5. The molecule has 1 aliphatic rings. The highest BCUT2D eigenvalue weighted by Crippen LogP contribution is 2.22. The molecular formula is C18H21N. The third kappa shape index (κ3) is 2.87. The van der Waals surface area contributed by atoms with Gasteiger partial charge in [-0.3, -0.25) is 0 Å². The molecule has 0 bridgehead atoms. The summed E-state index contributed by atoms with van der Waals surface area (Å²) in [6.07, 6.45) is 8.22. The van der Waals surface area contributed by atoms with Gasteiger partial charge in [0, 0.05) is 12.1 Å². The summed E-state index contributed by atoms with van der Waals surface area (Å²) in [7, 11) is 0. The van der Waals surface area contributed by atoms with Gasteiger partial charge >= 0.3 is 0 Å². The summed E-state index contributed by atoms with van der Waals surface area (Å²) in [6, 6.07) is 16.4. The smallest absolute Gasteiger partial charge is 0.0294 e. The molecule has 1 heteroatoms. The second-order valence-corrected chi connectivity index (χ2v) is 5.48. The van der Waals surface area contributed by atoms with E-state index in [-0.39, 0.29) is 0 Å². The Morgan fingerprint density at radius 2 is 1.89 bits per heavy atom. The van der Waals surface area contributed by atoms with Crippen LogP contribution in [0.2, 0.25) is 0 Å². The quantitative estimate of drug-likeness (QED) is 0.786. The number of nitrogens with one attached hydrogen (secondary N) is 1. The normalized spacial score (nSPS) is 20.6. The second-order valence-electron chi connectivity index (χ2n) is 5.48. The van der Waals surface area contributed by atoms with Crippen molar-refractivity contribution in [2.75, 3.05) is 0 Å². The maximum Gasteiger partial charge on any atom is 0.0294 e.